The fourth-order valence-electron chi connectivity index (χ4n) is 3.90. The molecule has 0 spiro atoms. The van der Waals surface area contributed by atoms with Gasteiger partial charge in [-0.25, -0.2) is 14.2 Å². The Morgan fingerprint density at radius 1 is 1.21 bits per heavy atom. The summed E-state index contributed by atoms with van der Waals surface area (Å²) >= 11 is 0. The number of benzene rings is 1. The first-order valence-electron chi connectivity index (χ1n) is 10.1. The van der Waals surface area contributed by atoms with Crippen LogP contribution in [0.4, 0.5) is 23.2 Å². The number of anilines is 1. The van der Waals surface area contributed by atoms with Crippen LogP contribution in [0, 0.1) is 11.2 Å². The zero-order valence-corrected chi connectivity index (χ0v) is 18.5. The van der Waals surface area contributed by atoms with Gasteiger partial charge in [0.05, 0.1) is 5.41 Å². The molecule has 3 N–H and O–H groups in total. The van der Waals surface area contributed by atoms with Crippen molar-refractivity contribution < 1.29 is 36.7 Å². The lowest BCUT2D eigenvalue weighted by Crippen LogP contribution is -2.58. The molecule has 1 aliphatic heterocycles. The molecule has 1 aromatic carbocycles. The van der Waals surface area contributed by atoms with Crippen molar-refractivity contribution in [1.82, 2.24) is 4.90 Å². The standard InChI is InChI=1S/C21H24F4N4O4/c1-18(2)15(31)29(4)17(26)28-19(18,3)12-10-11(6-7-13(12)22)27-14(30)20(8-5-9-20)33-16(32)21(23,24)25/h6-7,10H,5,8-9H2,1-4H3,(H2,26,28)(H,27,30)/t19-/m1/s1. The molecule has 0 saturated heterocycles. The molecule has 0 radical (unpaired) electrons. The van der Waals surface area contributed by atoms with Crippen LogP contribution in [0.15, 0.2) is 23.2 Å². The molecule has 1 heterocycles. The first-order valence-corrected chi connectivity index (χ1v) is 10.1. The SMILES string of the molecule is CN1C(=O)C(C)(C)[C@@](C)(c2cc(NC(=O)C3(OC(=O)C(F)(F)F)CCC3)ccc2F)N=C1N. The lowest BCUT2D eigenvalue weighted by atomic mass is 9.67. The Labute approximate surface area is 187 Å². The predicted molar refractivity (Wildman–Crippen MR) is 109 cm³/mol. The number of alkyl halides is 3. The minimum absolute atomic E-state index is 0.0305. The first-order chi connectivity index (χ1) is 15.0. The zero-order chi connectivity index (χ0) is 25.0. The number of aliphatic imine (C=N–C) groups is 1. The number of carbonyl (C=O) groups is 3. The van der Waals surface area contributed by atoms with Gasteiger partial charge < -0.3 is 15.8 Å². The van der Waals surface area contributed by atoms with E-state index in [1.54, 1.807) is 13.8 Å². The number of nitrogens with one attached hydrogen (secondary N) is 1. The molecular weight excluding hydrogens is 448 g/mol. The van der Waals surface area contributed by atoms with E-state index in [0.29, 0.717) is 6.42 Å². The molecule has 1 fully saturated rings. The van der Waals surface area contributed by atoms with Gasteiger partial charge in [0, 0.05) is 18.3 Å². The normalized spacial score (nSPS) is 23.9. The fourth-order valence-corrected chi connectivity index (χ4v) is 3.90. The van der Waals surface area contributed by atoms with Gasteiger partial charge in [0.1, 0.15) is 11.4 Å². The number of halogens is 4. The van der Waals surface area contributed by atoms with Crippen LogP contribution in [0.3, 0.4) is 0 Å². The highest BCUT2D eigenvalue weighted by atomic mass is 19.4. The summed E-state index contributed by atoms with van der Waals surface area (Å²) in [7, 11) is 1.44. The van der Waals surface area contributed by atoms with Gasteiger partial charge in [-0.05, 0) is 58.2 Å². The molecule has 2 aliphatic rings. The number of amides is 2. The zero-order valence-electron chi connectivity index (χ0n) is 18.5. The van der Waals surface area contributed by atoms with Gasteiger partial charge in [-0.1, -0.05) is 0 Å². The van der Waals surface area contributed by atoms with E-state index in [0.717, 1.165) is 11.0 Å². The van der Waals surface area contributed by atoms with Crippen molar-refractivity contribution in [2.75, 3.05) is 12.4 Å². The van der Waals surface area contributed by atoms with Crippen molar-refractivity contribution in [3.63, 3.8) is 0 Å². The van der Waals surface area contributed by atoms with Gasteiger partial charge in [-0.15, -0.1) is 0 Å². The average molecular weight is 472 g/mol. The number of ether oxygens (including phenoxy) is 1. The van der Waals surface area contributed by atoms with E-state index in [4.69, 9.17) is 5.73 Å². The molecule has 0 unspecified atom stereocenters. The van der Waals surface area contributed by atoms with E-state index in [1.165, 1.54) is 26.1 Å². The molecule has 180 valence electrons. The number of esters is 1. The summed E-state index contributed by atoms with van der Waals surface area (Å²) < 4.78 is 57.3. The highest BCUT2D eigenvalue weighted by Crippen LogP contribution is 2.48. The number of hydrogen-bond acceptors (Lipinski definition) is 6. The Morgan fingerprint density at radius 2 is 1.82 bits per heavy atom. The number of nitrogens with two attached hydrogens (primary N) is 1. The molecule has 0 bridgehead atoms. The number of guanidine groups is 1. The third kappa shape index (κ3) is 3.91. The van der Waals surface area contributed by atoms with Gasteiger partial charge in [0.25, 0.3) is 5.91 Å². The maximum Gasteiger partial charge on any atom is 0.490 e. The highest BCUT2D eigenvalue weighted by molar-refractivity contribution is 6.02. The number of hydrogen-bond donors (Lipinski definition) is 2. The molecule has 3 rings (SSSR count). The van der Waals surface area contributed by atoms with Crippen molar-refractivity contribution in [2.45, 2.75) is 57.3 Å². The maximum absolute atomic E-state index is 14.9. The van der Waals surface area contributed by atoms with Crippen molar-refractivity contribution in [3.05, 3.63) is 29.6 Å². The fraction of sp³-hybridized carbons (Fsp3) is 0.524. The average Bonchev–Trinajstić information content (AvgIpc) is 2.68. The summed E-state index contributed by atoms with van der Waals surface area (Å²) in [6.45, 7) is 4.67. The molecular formula is C21H24F4N4O4. The van der Waals surface area contributed by atoms with Crippen LogP contribution < -0.4 is 11.1 Å². The largest absolute Gasteiger partial charge is 0.490 e. The number of rotatable bonds is 4. The molecule has 1 atom stereocenters. The Kier molecular flexibility index (Phi) is 5.71. The quantitative estimate of drug-likeness (QED) is 0.517. The molecule has 1 saturated carbocycles. The lowest BCUT2D eigenvalue weighted by Gasteiger charge is -2.46. The number of carbonyl (C=O) groups excluding carboxylic acids is 3. The Balaban J connectivity index is 1.95. The molecule has 1 aromatic rings. The van der Waals surface area contributed by atoms with Crippen LogP contribution >= 0.6 is 0 Å². The van der Waals surface area contributed by atoms with E-state index in [2.05, 4.69) is 15.0 Å². The van der Waals surface area contributed by atoms with Crippen LogP contribution in [0.25, 0.3) is 0 Å². The summed E-state index contributed by atoms with van der Waals surface area (Å²) in [5.41, 5.74) is 1.19. The second-order valence-corrected chi connectivity index (χ2v) is 8.92. The third-order valence-electron chi connectivity index (χ3n) is 6.58. The van der Waals surface area contributed by atoms with Crippen molar-refractivity contribution in [1.29, 1.82) is 0 Å². The van der Waals surface area contributed by atoms with Crippen LogP contribution in [-0.2, 0) is 24.7 Å². The third-order valence-corrected chi connectivity index (χ3v) is 6.58. The van der Waals surface area contributed by atoms with Crippen LogP contribution in [0.2, 0.25) is 0 Å². The van der Waals surface area contributed by atoms with Crippen molar-refractivity contribution in [3.8, 4) is 0 Å². The van der Waals surface area contributed by atoms with Gasteiger partial charge in [-0.2, -0.15) is 13.2 Å². The minimum atomic E-state index is -5.25. The molecule has 1 aliphatic carbocycles. The molecule has 8 nitrogen and oxygen atoms in total. The van der Waals surface area contributed by atoms with Gasteiger partial charge >= 0.3 is 12.1 Å². The van der Waals surface area contributed by atoms with Gasteiger partial charge in [0.15, 0.2) is 11.6 Å². The molecule has 2 amide bonds. The highest BCUT2D eigenvalue weighted by Gasteiger charge is 2.55. The van der Waals surface area contributed by atoms with Gasteiger partial charge in [0.2, 0.25) is 5.91 Å². The lowest BCUT2D eigenvalue weighted by molar-refractivity contribution is -0.219. The van der Waals surface area contributed by atoms with E-state index in [1.807, 2.05) is 0 Å². The number of nitrogens with zero attached hydrogens (tertiary/aromatic N) is 2. The van der Waals surface area contributed by atoms with Crippen LogP contribution in [0.5, 0.6) is 0 Å². The summed E-state index contributed by atoms with van der Waals surface area (Å²) in [5.74, 6) is -4.67. The Morgan fingerprint density at radius 3 is 2.33 bits per heavy atom. The van der Waals surface area contributed by atoms with E-state index < -0.39 is 46.3 Å². The monoisotopic (exact) mass is 472 g/mol. The van der Waals surface area contributed by atoms with Crippen molar-refractivity contribution in [2.24, 2.45) is 16.1 Å². The predicted octanol–water partition coefficient (Wildman–Crippen LogP) is 2.82. The molecule has 12 heteroatoms. The summed E-state index contributed by atoms with van der Waals surface area (Å²) in [4.78, 5) is 42.4. The van der Waals surface area contributed by atoms with Crippen LogP contribution in [-0.4, -0.2) is 47.5 Å². The minimum Gasteiger partial charge on any atom is -0.442 e. The second kappa shape index (κ2) is 7.70. The molecule has 0 aromatic heterocycles. The first kappa shape index (κ1) is 24.5. The van der Waals surface area contributed by atoms with E-state index >= 15 is 0 Å². The van der Waals surface area contributed by atoms with Crippen molar-refractivity contribution >= 4 is 29.4 Å². The van der Waals surface area contributed by atoms with E-state index in [-0.39, 0.29) is 30.1 Å². The van der Waals surface area contributed by atoms with Crippen LogP contribution in [0.1, 0.15) is 45.6 Å². The summed E-state index contributed by atoms with van der Waals surface area (Å²) in [6, 6.07) is 3.48. The maximum atomic E-state index is 14.9. The molecule has 33 heavy (non-hydrogen) atoms. The second-order valence-electron chi connectivity index (χ2n) is 8.92. The van der Waals surface area contributed by atoms with E-state index in [9.17, 15) is 31.9 Å². The topological polar surface area (TPSA) is 114 Å². The summed E-state index contributed by atoms with van der Waals surface area (Å²) in [6.07, 6.45) is -5.02. The van der Waals surface area contributed by atoms with Gasteiger partial charge in [-0.3, -0.25) is 14.5 Å². The Hall–Kier alpha value is -3.18. The summed E-state index contributed by atoms with van der Waals surface area (Å²) in [5, 5.41) is 2.40. The smallest absolute Gasteiger partial charge is 0.442 e. The Bertz CT molecular complexity index is 1050.